The van der Waals surface area contributed by atoms with Crippen LogP contribution in [0.5, 0.6) is 0 Å². The first-order valence-corrected chi connectivity index (χ1v) is 9.90. The van der Waals surface area contributed by atoms with Crippen molar-refractivity contribution in [2.45, 2.75) is 44.4 Å². The zero-order valence-corrected chi connectivity index (χ0v) is 16.3. The molecule has 1 rings (SSSR count). The summed E-state index contributed by atoms with van der Waals surface area (Å²) in [7, 11) is -1.50. The van der Waals surface area contributed by atoms with Crippen molar-refractivity contribution in [2.75, 3.05) is 11.5 Å². The second kappa shape index (κ2) is 8.74. The lowest BCUT2D eigenvalue weighted by Gasteiger charge is -2.34. The number of thioether (sulfide) groups is 1. The van der Waals surface area contributed by atoms with E-state index in [4.69, 9.17) is 5.26 Å². The van der Waals surface area contributed by atoms with Crippen LogP contribution in [0.2, 0.25) is 0 Å². The molecule has 0 saturated carbocycles. The largest absolute Gasteiger partial charge is 0.269 e. The van der Waals surface area contributed by atoms with Crippen LogP contribution in [0.1, 0.15) is 39.7 Å². The summed E-state index contributed by atoms with van der Waals surface area (Å²) in [6.45, 7) is 7.02. The van der Waals surface area contributed by atoms with Gasteiger partial charge in [0.2, 0.25) is 0 Å². The summed E-state index contributed by atoms with van der Waals surface area (Å²) >= 11 is 1.37. The van der Waals surface area contributed by atoms with Crippen LogP contribution >= 0.6 is 11.8 Å². The van der Waals surface area contributed by atoms with Gasteiger partial charge in [-0.15, -0.1) is 11.8 Å². The third kappa shape index (κ3) is 6.06. The fourth-order valence-corrected chi connectivity index (χ4v) is 3.76. The number of halogens is 1. The quantitative estimate of drug-likeness (QED) is 0.417. The molecule has 2 atom stereocenters. The molecule has 25 heavy (non-hydrogen) atoms. The Morgan fingerprint density at radius 2 is 2.04 bits per heavy atom. The van der Waals surface area contributed by atoms with Gasteiger partial charge >= 0.3 is 0 Å². The standard InChI is InChI=1S/C16H22FN3O3S2/c1-15(2,3)25(23)19-16(4,7-9-24-10-8-18)13-11-12(20(21)22)5-6-14(13)17/h5-6,11,19H,7,9-10H2,1-4H3/t16-,25+/m0/s1. The molecule has 1 N–H and O–H groups in total. The minimum absolute atomic E-state index is 0.0943. The van der Waals surface area contributed by atoms with Crippen molar-refractivity contribution in [3.8, 4) is 6.07 Å². The number of nitro groups is 1. The minimum atomic E-state index is -1.50. The Morgan fingerprint density at radius 3 is 2.56 bits per heavy atom. The smallest absolute Gasteiger partial charge is 0.258 e. The number of nitro benzene ring substituents is 1. The monoisotopic (exact) mass is 387 g/mol. The van der Waals surface area contributed by atoms with Gasteiger partial charge in [-0.1, -0.05) is 0 Å². The highest BCUT2D eigenvalue weighted by molar-refractivity contribution is 7.99. The molecule has 0 saturated heterocycles. The maximum absolute atomic E-state index is 14.4. The summed E-state index contributed by atoms with van der Waals surface area (Å²) in [4.78, 5) is 10.4. The third-order valence-corrected chi connectivity index (χ3v) is 6.12. The van der Waals surface area contributed by atoms with Crippen molar-refractivity contribution in [2.24, 2.45) is 0 Å². The van der Waals surface area contributed by atoms with E-state index in [1.165, 1.54) is 17.8 Å². The number of hydrogen-bond acceptors (Lipinski definition) is 5. The molecule has 0 radical (unpaired) electrons. The van der Waals surface area contributed by atoms with Crippen LogP contribution in [0.25, 0.3) is 0 Å². The van der Waals surface area contributed by atoms with Crippen LogP contribution in [-0.4, -0.2) is 25.4 Å². The van der Waals surface area contributed by atoms with Crippen LogP contribution in [0, 0.1) is 27.3 Å². The predicted molar refractivity (Wildman–Crippen MR) is 99.0 cm³/mol. The van der Waals surface area contributed by atoms with Crippen LogP contribution < -0.4 is 4.72 Å². The number of nitriles is 1. The predicted octanol–water partition coefficient (Wildman–Crippen LogP) is 3.65. The number of nitrogens with zero attached hydrogens (tertiary/aromatic N) is 2. The Morgan fingerprint density at radius 1 is 1.40 bits per heavy atom. The molecular weight excluding hydrogens is 365 g/mol. The van der Waals surface area contributed by atoms with Crippen molar-refractivity contribution < 1.29 is 13.5 Å². The first-order chi connectivity index (χ1) is 11.5. The first-order valence-electron chi connectivity index (χ1n) is 7.60. The summed E-state index contributed by atoms with van der Waals surface area (Å²) < 4.78 is 29.3. The SMILES string of the molecule is CC(C)(C)[S@@](=O)N[C@@](C)(CCSCC#N)c1cc([N+](=O)[O-])ccc1F. The van der Waals surface area contributed by atoms with E-state index in [1.54, 1.807) is 27.7 Å². The number of non-ortho nitro benzene ring substituents is 1. The summed E-state index contributed by atoms with van der Waals surface area (Å²) in [6.07, 6.45) is 0.360. The number of benzene rings is 1. The Bertz CT molecular complexity index is 701. The van der Waals surface area contributed by atoms with E-state index in [2.05, 4.69) is 4.72 Å². The average Bonchev–Trinajstić information content (AvgIpc) is 2.50. The maximum atomic E-state index is 14.4. The van der Waals surface area contributed by atoms with Crippen LogP contribution in [0.15, 0.2) is 18.2 Å². The van der Waals surface area contributed by atoms with E-state index in [0.29, 0.717) is 12.2 Å². The van der Waals surface area contributed by atoms with Crippen molar-refractivity contribution >= 4 is 28.4 Å². The topological polar surface area (TPSA) is 96.0 Å². The molecule has 6 nitrogen and oxygen atoms in total. The van der Waals surface area contributed by atoms with Gasteiger partial charge in [-0.25, -0.2) is 13.3 Å². The molecule has 0 spiro atoms. The highest BCUT2D eigenvalue weighted by Gasteiger charge is 2.35. The van der Waals surface area contributed by atoms with E-state index < -0.39 is 32.0 Å². The summed E-state index contributed by atoms with van der Waals surface area (Å²) in [6, 6.07) is 5.34. The molecule has 0 heterocycles. The van der Waals surface area contributed by atoms with Crippen molar-refractivity contribution in [3.63, 3.8) is 0 Å². The van der Waals surface area contributed by atoms with Crippen LogP contribution in [0.3, 0.4) is 0 Å². The maximum Gasteiger partial charge on any atom is 0.269 e. The molecule has 0 aliphatic rings. The Balaban J connectivity index is 3.26. The lowest BCUT2D eigenvalue weighted by molar-refractivity contribution is -0.385. The van der Waals surface area contributed by atoms with E-state index in [-0.39, 0.29) is 17.0 Å². The summed E-state index contributed by atoms with van der Waals surface area (Å²) in [5.74, 6) is 0.202. The molecule has 0 aliphatic carbocycles. The van der Waals surface area contributed by atoms with Crippen LogP contribution in [0.4, 0.5) is 10.1 Å². The molecule has 0 aliphatic heterocycles. The minimum Gasteiger partial charge on any atom is -0.258 e. The first kappa shape index (κ1) is 21.5. The second-order valence-corrected chi connectivity index (χ2v) is 9.77. The Hall–Kier alpha value is -1.50. The van der Waals surface area contributed by atoms with Crippen molar-refractivity contribution in [1.29, 1.82) is 5.26 Å². The molecule has 0 bridgehead atoms. The summed E-state index contributed by atoms with van der Waals surface area (Å²) in [5.41, 5.74) is -1.20. The number of nitrogens with one attached hydrogen (secondary N) is 1. The molecule has 0 unspecified atom stereocenters. The lowest BCUT2D eigenvalue weighted by Crippen LogP contribution is -2.47. The average molecular weight is 388 g/mol. The molecule has 0 amide bonds. The second-order valence-electron chi connectivity index (χ2n) is 6.70. The molecular formula is C16H22FN3O3S2. The molecule has 0 aromatic heterocycles. The molecule has 1 aromatic rings. The normalized spacial score (nSPS) is 15.2. The molecule has 138 valence electrons. The highest BCUT2D eigenvalue weighted by atomic mass is 32.2. The van der Waals surface area contributed by atoms with Gasteiger partial charge in [0.1, 0.15) is 5.82 Å². The van der Waals surface area contributed by atoms with Gasteiger partial charge in [-0.05, 0) is 45.9 Å². The van der Waals surface area contributed by atoms with E-state index >= 15 is 0 Å². The molecule has 0 fully saturated rings. The molecule has 9 heteroatoms. The molecule has 1 aromatic carbocycles. The van der Waals surface area contributed by atoms with E-state index in [1.807, 2.05) is 6.07 Å². The Labute approximate surface area is 153 Å². The Kier molecular flexibility index (Phi) is 7.53. The lowest BCUT2D eigenvalue weighted by atomic mass is 9.89. The fourth-order valence-electron chi connectivity index (χ4n) is 2.04. The van der Waals surface area contributed by atoms with Gasteiger partial charge in [0.25, 0.3) is 5.69 Å². The van der Waals surface area contributed by atoms with Crippen molar-refractivity contribution in [3.05, 3.63) is 39.7 Å². The number of rotatable bonds is 8. The van der Waals surface area contributed by atoms with E-state index in [0.717, 1.165) is 12.1 Å². The fraction of sp³-hybridized carbons (Fsp3) is 0.562. The van der Waals surface area contributed by atoms with Gasteiger partial charge in [-0.3, -0.25) is 10.1 Å². The van der Waals surface area contributed by atoms with E-state index in [9.17, 15) is 18.7 Å². The zero-order valence-electron chi connectivity index (χ0n) is 14.7. The summed E-state index contributed by atoms with van der Waals surface area (Å²) in [5, 5.41) is 19.7. The van der Waals surface area contributed by atoms with Gasteiger partial charge in [0.05, 0.1) is 38.0 Å². The van der Waals surface area contributed by atoms with Gasteiger partial charge in [0.15, 0.2) is 0 Å². The third-order valence-electron chi connectivity index (χ3n) is 3.54. The van der Waals surface area contributed by atoms with Crippen LogP contribution in [-0.2, 0) is 16.5 Å². The van der Waals surface area contributed by atoms with Gasteiger partial charge in [0, 0.05) is 17.7 Å². The number of hydrogen-bond donors (Lipinski definition) is 1. The highest BCUT2D eigenvalue weighted by Crippen LogP contribution is 2.32. The van der Waals surface area contributed by atoms with Crippen molar-refractivity contribution in [1.82, 2.24) is 4.72 Å². The zero-order chi connectivity index (χ0) is 19.3. The van der Waals surface area contributed by atoms with Gasteiger partial charge < -0.3 is 0 Å². The van der Waals surface area contributed by atoms with Gasteiger partial charge in [-0.2, -0.15) is 5.26 Å².